The van der Waals surface area contributed by atoms with Crippen LogP contribution in [0.1, 0.15) is 21.6 Å². The maximum absolute atomic E-state index is 13.9. The molecule has 0 spiro atoms. The van der Waals surface area contributed by atoms with Gasteiger partial charge in [-0.05, 0) is 30.3 Å². The van der Waals surface area contributed by atoms with Crippen LogP contribution in [0.3, 0.4) is 0 Å². The highest BCUT2D eigenvalue weighted by Crippen LogP contribution is 2.11. The fraction of sp³-hybridized carbons (Fsp3) is 0.235. The van der Waals surface area contributed by atoms with E-state index in [4.69, 9.17) is 11.6 Å². The van der Waals surface area contributed by atoms with Crippen LogP contribution in [0, 0.1) is 5.82 Å². The van der Waals surface area contributed by atoms with Crippen LogP contribution in [0.25, 0.3) is 0 Å². The molecule has 0 saturated carbocycles. The number of amides is 1. The first-order valence-corrected chi connectivity index (χ1v) is 8.19. The van der Waals surface area contributed by atoms with Gasteiger partial charge in [0.05, 0.1) is 23.8 Å². The van der Waals surface area contributed by atoms with E-state index in [0.29, 0.717) is 34.3 Å². The molecule has 0 bridgehead atoms. The van der Waals surface area contributed by atoms with E-state index in [1.807, 2.05) is 0 Å². The molecule has 130 valence electrons. The summed E-state index contributed by atoms with van der Waals surface area (Å²) in [6.45, 7) is 1.98. The maximum Gasteiger partial charge on any atom is 0.251 e. The minimum atomic E-state index is -0.373. The molecule has 0 unspecified atom stereocenters. The molecule has 0 aliphatic carbocycles. The van der Waals surface area contributed by atoms with Gasteiger partial charge in [0.2, 0.25) is 0 Å². The summed E-state index contributed by atoms with van der Waals surface area (Å²) in [6, 6.07) is 7.71. The second-order valence-electron chi connectivity index (χ2n) is 5.47. The van der Waals surface area contributed by atoms with Crippen molar-refractivity contribution in [3.05, 3.63) is 64.2 Å². The number of pyridine rings is 1. The predicted molar refractivity (Wildman–Crippen MR) is 94.0 cm³/mol. The predicted octanol–water partition coefficient (Wildman–Crippen LogP) is 1.85. The first-order chi connectivity index (χ1) is 12.1. The van der Waals surface area contributed by atoms with Crippen molar-refractivity contribution >= 4 is 23.5 Å². The van der Waals surface area contributed by atoms with Crippen molar-refractivity contribution < 1.29 is 9.18 Å². The van der Waals surface area contributed by atoms with E-state index in [1.165, 1.54) is 24.4 Å². The van der Waals surface area contributed by atoms with Crippen LogP contribution in [0.5, 0.6) is 0 Å². The van der Waals surface area contributed by atoms with Crippen molar-refractivity contribution in [3.63, 3.8) is 0 Å². The summed E-state index contributed by atoms with van der Waals surface area (Å²) in [6.07, 6.45) is 1.52. The molecule has 25 heavy (non-hydrogen) atoms. The second kappa shape index (κ2) is 7.94. The minimum Gasteiger partial charge on any atom is -0.355 e. The average Bonchev–Trinajstić information content (AvgIpc) is 3.14. The Balaban J connectivity index is 1.61. The molecule has 1 aromatic carbocycles. The Bertz CT molecular complexity index is 794. The second-order valence-corrected chi connectivity index (χ2v) is 5.90. The number of benzene rings is 1. The summed E-state index contributed by atoms with van der Waals surface area (Å²) in [5, 5.41) is 9.35. The van der Waals surface area contributed by atoms with Gasteiger partial charge in [-0.15, -0.1) is 0 Å². The molecule has 1 amide bonds. The molecule has 0 radical (unpaired) electrons. The quantitative estimate of drug-likeness (QED) is 0.759. The van der Waals surface area contributed by atoms with Gasteiger partial charge in [0.1, 0.15) is 5.82 Å². The van der Waals surface area contributed by atoms with Crippen molar-refractivity contribution in [3.8, 4) is 0 Å². The number of nitrogens with one attached hydrogen (secondary N) is 3. The smallest absolute Gasteiger partial charge is 0.251 e. The number of halogens is 2. The maximum atomic E-state index is 13.9. The van der Waals surface area contributed by atoms with E-state index >= 15 is 0 Å². The Morgan fingerprint density at radius 1 is 1.28 bits per heavy atom. The van der Waals surface area contributed by atoms with Crippen molar-refractivity contribution in [1.29, 1.82) is 0 Å². The summed E-state index contributed by atoms with van der Waals surface area (Å²) in [5.74, 6) is -0.0283. The topological polar surface area (TPSA) is 78.4 Å². The largest absolute Gasteiger partial charge is 0.355 e. The Morgan fingerprint density at radius 3 is 2.88 bits per heavy atom. The number of aliphatic imine (C=N–C) groups is 1. The monoisotopic (exact) mass is 361 g/mol. The molecule has 0 fully saturated rings. The van der Waals surface area contributed by atoms with Gasteiger partial charge in [0.25, 0.3) is 5.91 Å². The SMILES string of the molecule is O=C(NCc1ccc(Cl)cn1)c1ccc(F)c(CNC2=NCCN2)c1. The van der Waals surface area contributed by atoms with Crippen molar-refractivity contribution in [2.45, 2.75) is 13.1 Å². The summed E-state index contributed by atoms with van der Waals surface area (Å²) in [7, 11) is 0. The first-order valence-electron chi connectivity index (χ1n) is 7.81. The van der Waals surface area contributed by atoms with Crippen LogP contribution in [0.15, 0.2) is 41.5 Å². The molecule has 1 aromatic heterocycles. The molecule has 3 rings (SSSR count). The molecule has 3 N–H and O–H groups in total. The van der Waals surface area contributed by atoms with E-state index < -0.39 is 0 Å². The van der Waals surface area contributed by atoms with Crippen LogP contribution in [0.2, 0.25) is 5.02 Å². The highest BCUT2D eigenvalue weighted by Gasteiger charge is 2.11. The van der Waals surface area contributed by atoms with Gasteiger partial charge in [-0.3, -0.25) is 14.8 Å². The van der Waals surface area contributed by atoms with Crippen LogP contribution in [-0.2, 0) is 13.1 Å². The molecule has 1 aliphatic rings. The lowest BCUT2D eigenvalue weighted by Gasteiger charge is -2.10. The highest BCUT2D eigenvalue weighted by atomic mass is 35.5. The fourth-order valence-electron chi connectivity index (χ4n) is 2.33. The highest BCUT2D eigenvalue weighted by molar-refractivity contribution is 6.30. The molecule has 8 heteroatoms. The number of carbonyl (C=O) groups excluding carboxylic acids is 1. The number of nitrogens with zero attached hydrogens (tertiary/aromatic N) is 2. The third-order valence-electron chi connectivity index (χ3n) is 3.65. The molecular weight excluding hydrogens is 345 g/mol. The van der Waals surface area contributed by atoms with Gasteiger partial charge in [-0.2, -0.15) is 0 Å². The number of carbonyl (C=O) groups is 1. The average molecular weight is 362 g/mol. The zero-order valence-corrected chi connectivity index (χ0v) is 14.1. The molecule has 1 aliphatic heterocycles. The van der Waals surface area contributed by atoms with Crippen molar-refractivity contribution in [1.82, 2.24) is 20.9 Å². The number of rotatable bonds is 5. The van der Waals surface area contributed by atoms with Gasteiger partial charge < -0.3 is 16.0 Å². The summed E-state index contributed by atoms with van der Waals surface area (Å²) < 4.78 is 13.9. The summed E-state index contributed by atoms with van der Waals surface area (Å²) in [4.78, 5) is 20.6. The van der Waals surface area contributed by atoms with E-state index in [9.17, 15) is 9.18 Å². The lowest BCUT2D eigenvalue weighted by atomic mass is 10.1. The van der Waals surface area contributed by atoms with E-state index in [0.717, 1.165) is 6.54 Å². The molecule has 2 heterocycles. The molecule has 0 atom stereocenters. The molecular formula is C17H17ClFN5O. The first kappa shape index (κ1) is 17.2. The Kier molecular flexibility index (Phi) is 5.45. The Labute approximate surface area is 149 Å². The lowest BCUT2D eigenvalue weighted by molar-refractivity contribution is 0.0950. The van der Waals surface area contributed by atoms with Crippen LogP contribution < -0.4 is 16.0 Å². The lowest BCUT2D eigenvalue weighted by Crippen LogP contribution is -2.33. The normalized spacial score (nSPS) is 13.1. The number of guanidine groups is 1. The Hall–Kier alpha value is -2.67. The molecule has 6 nitrogen and oxygen atoms in total. The third kappa shape index (κ3) is 4.67. The Morgan fingerprint density at radius 2 is 2.16 bits per heavy atom. The molecule has 0 saturated heterocycles. The summed E-state index contributed by atoms with van der Waals surface area (Å²) in [5.41, 5.74) is 1.47. The van der Waals surface area contributed by atoms with Gasteiger partial charge in [0.15, 0.2) is 5.96 Å². The minimum absolute atomic E-state index is 0.248. The van der Waals surface area contributed by atoms with Crippen LogP contribution in [-0.4, -0.2) is 29.9 Å². The summed E-state index contributed by atoms with van der Waals surface area (Å²) >= 11 is 5.78. The van der Waals surface area contributed by atoms with E-state index in [2.05, 4.69) is 25.9 Å². The number of hydrogen-bond acceptors (Lipinski definition) is 5. The fourth-order valence-corrected chi connectivity index (χ4v) is 2.44. The van der Waals surface area contributed by atoms with Gasteiger partial charge in [0, 0.05) is 30.4 Å². The van der Waals surface area contributed by atoms with Crippen LogP contribution >= 0.6 is 11.6 Å². The van der Waals surface area contributed by atoms with Crippen LogP contribution in [0.4, 0.5) is 4.39 Å². The zero-order chi connectivity index (χ0) is 17.6. The molecule has 2 aromatic rings. The van der Waals surface area contributed by atoms with E-state index in [1.54, 1.807) is 12.1 Å². The third-order valence-corrected chi connectivity index (χ3v) is 3.87. The number of hydrogen-bond donors (Lipinski definition) is 3. The van der Waals surface area contributed by atoms with Gasteiger partial charge in [-0.25, -0.2) is 4.39 Å². The number of aromatic nitrogens is 1. The zero-order valence-electron chi connectivity index (χ0n) is 13.4. The van der Waals surface area contributed by atoms with Crippen molar-refractivity contribution in [2.24, 2.45) is 4.99 Å². The van der Waals surface area contributed by atoms with Gasteiger partial charge >= 0.3 is 0 Å². The van der Waals surface area contributed by atoms with E-state index in [-0.39, 0.29) is 24.8 Å². The standard InChI is InChI=1S/C17H17ClFN5O/c18-13-2-3-14(22-9-13)10-23-16(25)11-1-4-15(19)12(7-11)8-24-17-20-5-6-21-17/h1-4,7,9H,5-6,8,10H2,(H,23,25)(H2,20,21,24). The van der Waals surface area contributed by atoms with Gasteiger partial charge in [-0.1, -0.05) is 11.6 Å². The van der Waals surface area contributed by atoms with Crippen molar-refractivity contribution in [2.75, 3.05) is 13.1 Å².